The average molecular weight is 252 g/mol. The Morgan fingerprint density at radius 3 is 2.86 bits per heavy atom. The van der Waals surface area contributed by atoms with Crippen LogP contribution in [0.15, 0.2) is 28.7 Å². The molecule has 0 fully saturated rings. The predicted molar refractivity (Wildman–Crippen MR) is 60.5 cm³/mol. The Labute approximate surface area is 90.7 Å². The third-order valence-electron chi connectivity index (χ3n) is 2.17. The molecule has 0 unspecified atom stereocenters. The summed E-state index contributed by atoms with van der Waals surface area (Å²) in [6.07, 6.45) is 0.744. The van der Waals surface area contributed by atoms with Gasteiger partial charge in [0, 0.05) is 9.86 Å². The molecule has 0 spiro atoms. The number of fused-ring (bicyclic) bond motifs is 1. The summed E-state index contributed by atoms with van der Waals surface area (Å²) in [4.78, 5) is 4.37. The van der Waals surface area contributed by atoms with Crippen LogP contribution in [0.2, 0.25) is 0 Å². The first-order valence-corrected chi connectivity index (χ1v) is 5.28. The van der Waals surface area contributed by atoms with Crippen LogP contribution in [-0.4, -0.2) is 10.1 Å². The molecule has 0 amide bonds. The fourth-order valence-electron chi connectivity index (χ4n) is 1.43. The third-order valence-corrected chi connectivity index (χ3v) is 2.66. The van der Waals surface area contributed by atoms with E-state index in [1.54, 1.807) is 6.07 Å². The van der Waals surface area contributed by atoms with Gasteiger partial charge in [-0.05, 0) is 24.6 Å². The Bertz CT molecular complexity index is 482. The second kappa shape index (κ2) is 3.58. The molecule has 0 aliphatic carbocycles. The number of aromatic nitrogens is 1. The van der Waals surface area contributed by atoms with Crippen LogP contribution >= 0.6 is 15.9 Å². The van der Waals surface area contributed by atoms with E-state index in [0.29, 0.717) is 0 Å². The van der Waals surface area contributed by atoms with Crippen molar-refractivity contribution in [3.05, 3.63) is 34.4 Å². The maximum atomic E-state index is 9.60. The van der Waals surface area contributed by atoms with Gasteiger partial charge in [0.2, 0.25) is 0 Å². The molecule has 2 rings (SSSR count). The van der Waals surface area contributed by atoms with Gasteiger partial charge in [0.1, 0.15) is 5.75 Å². The van der Waals surface area contributed by atoms with Gasteiger partial charge in [0.05, 0.1) is 11.2 Å². The minimum atomic E-state index is 0.280. The molecule has 1 heterocycles. The molecule has 0 bridgehead atoms. The van der Waals surface area contributed by atoms with E-state index in [0.717, 1.165) is 27.5 Å². The first kappa shape index (κ1) is 9.46. The van der Waals surface area contributed by atoms with Crippen LogP contribution in [-0.2, 0) is 6.42 Å². The smallest absolute Gasteiger partial charge is 0.137 e. The standard InChI is InChI=1S/C11H10BrNO/c1-2-9-11(14)5-7-3-4-8(12)6-10(7)13-9/h3-6,14H,2H2,1H3. The SMILES string of the molecule is CCc1nc2cc(Br)ccc2cc1O. The molecule has 1 N–H and O–H groups in total. The van der Waals surface area contributed by atoms with Crippen molar-refractivity contribution < 1.29 is 5.11 Å². The Morgan fingerprint density at radius 2 is 2.14 bits per heavy atom. The predicted octanol–water partition coefficient (Wildman–Crippen LogP) is 3.27. The highest BCUT2D eigenvalue weighted by Crippen LogP contribution is 2.24. The average Bonchev–Trinajstić information content (AvgIpc) is 2.17. The highest BCUT2D eigenvalue weighted by molar-refractivity contribution is 9.10. The van der Waals surface area contributed by atoms with E-state index < -0.39 is 0 Å². The Balaban J connectivity index is 2.73. The lowest BCUT2D eigenvalue weighted by Crippen LogP contribution is -1.89. The zero-order valence-electron chi connectivity index (χ0n) is 7.79. The molecule has 2 aromatic rings. The van der Waals surface area contributed by atoms with Crippen molar-refractivity contribution in [2.24, 2.45) is 0 Å². The van der Waals surface area contributed by atoms with Crippen molar-refractivity contribution in [3.8, 4) is 5.75 Å². The van der Waals surface area contributed by atoms with Gasteiger partial charge in [0.15, 0.2) is 0 Å². The molecular formula is C11H10BrNO. The normalized spacial score (nSPS) is 10.7. The molecule has 0 saturated carbocycles. The van der Waals surface area contributed by atoms with Gasteiger partial charge < -0.3 is 5.11 Å². The summed E-state index contributed by atoms with van der Waals surface area (Å²) in [5, 5.41) is 10.6. The van der Waals surface area contributed by atoms with Crippen LogP contribution in [0.1, 0.15) is 12.6 Å². The largest absolute Gasteiger partial charge is 0.506 e. The monoisotopic (exact) mass is 251 g/mol. The summed E-state index contributed by atoms with van der Waals surface area (Å²) in [5.74, 6) is 0.280. The summed E-state index contributed by atoms with van der Waals surface area (Å²) >= 11 is 3.39. The van der Waals surface area contributed by atoms with Crippen LogP contribution < -0.4 is 0 Å². The minimum absolute atomic E-state index is 0.280. The van der Waals surface area contributed by atoms with E-state index in [2.05, 4.69) is 20.9 Å². The summed E-state index contributed by atoms with van der Waals surface area (Å²) in [6, 6.07) is 7.59. The molecule has 0 atom stereocenters. The molecule has 14 heavy (non-hydrogen) atoms. The minimum Gasteiger partial charge on any atom is -0.506 e. The third kappa shape index (κ3) is 1.60. The van der Waals surface area contributed by atoms with E-state index in [1.165, 1.54) is 0 Å². The number of halogens is 1. The maximum Gasteiger partial charge on any atom is 0.137 e. The lowest BCUT2D eigenvalue weighted by atomic mass is 10.1. The number of nitrogens with zero attached hydrogens (tertiary/aromatic N) is 1. The van der Waals surface area contributed by atoms with Crippen molar-refractivity contribution >= 4 is 26.8 Å². The van der Waals surface area contributed by atoms with Gasteiger partial charge in [-0.2, -0.15) is 0 Å². The fourth-order valence-corrected chi connectivity index (χ4v) is 1.78. The molecule has 0 saturated heterocycles. The Hall–Kier alpha value is -1.09. The van der Waals surface area contributed by atoms with Crippen molar-refractivity contribution in [2.45, 2.75) is 13.3 Å². The number of hydrogen-bond acceptors (Lipinski definition) is 2. The topological polar surface area (TPSA) is 33.1 Å². The lowest BCUT2D eigenvalue weighted by molar-refractivity contribution is 0.466. The van der Waals surface area contributed by atoms with E-state index in [4.69, 9.17) is 0 Å². The second-order valence-electron chi connectivity index (χ2n) is 3.14. The van der Waals surface area contributed by atoms with E-state index in [1.807, 2.05) is 25.1 Å². The summed E-state index contributed by atoms with van der Waals surface area (Å²) < 4.78 is 1.00. The van der Waals surface area contributed by atoms with Gasteiger partial charge in [-0.15, -0.1) is 0 Å². The van der Waals surface area contributed by atoms with Gasteiger partial charge >= 0.3 is 0 Å². The maximum absolute atomic E-state index is 9.60. The molecule has 0 aliphatic heterocycles. The highest BCUT2D eigenvalue weighted by Gasteiger charge is 2.03. The van der Waals surface area contributed by atoms with Crippen LogP contribution in [0, 0.1) is 0 Å². The molecule has 0 radical (unpaired) electrons. The van der Waals surface area contributed by atoms with Crippen LogP contribution in [0.25, 0.3) is 10.9 Å². The molecule has 3 heteroatoms. The molecule has 1 aromatic heterocycles. The van der Waals surface area contributed by atoms with Gasteiger partial charge in [-0.1, -0.05) is 28.9 Å². The van der Waals surface area contributed by atoms with Crippen LogP contribution in [0.4, 0.5) is 0 Å². The van der Waals surface area contributed by atoms with E-state index in [-0.39, 0.29) is 5.75 Å². The number of rotatable bonds is 1. The molecule has 1 aromatic carbocycles. The number of benzene rings is 1. The first-order valence-electron chi connectivity index (χ1n) is 4.49. The van der Waals surface area contributed by atoms with E-state index in [9.17, 15) is 5.11 Å². The van der Waals surface area contributed by atoms with Gasteiger partial charge in [-0.3, -0.25) is 0 Å². The zero-order chi connectivity index (χ0) is 10.1. The van der Waals surface area contributed by atoms with Crippen molar-refractivity contribution in [3.63, 3.8) is 0 Å². The van der Waals surface area contributed by atoms with Crippen molar-refractivity contribution in [1.29, 1.82) is 0 Å². The Morgan fingerprint density at radius 1 is 1.36 bits per heavy atom. The quantitative estimate of drug-likeness (QED) is 0.844. The van der Waals surface area contributed by atoms with Gasteiger partial charge in [0.25, 0.3) is 0 Å². The molecular weight excluding hydrogens is 242 g/mol. The lowest BCUT2D eigenvalue weighted by Gasteiger charge is -2.03. The van der Waals surface area contributed by atoms with Crippen LogP contribution in [0.5, 0.6) is 5.75 Å². The summed E-state index contributed by atoms with van der Waals surface area (Å²) in [6.45, 7) is 1.98. The number of aryl methyl sites for hydroxylation is 1. The van der Waals surface area contributed by atoms with Gasteiger partial charge in [-0.25, -0.2) is 4.98 Å². The molecule has 0 aliphatic rings. The number of aromatic hydroxyl groups is 1. The van der Waals surface area contributed by atoms with Crippen molar-refractivity contribution in [2.75, 3.05) is 0 Å². The molecule has 72 valence electrons. The first-order chi connectivity index (χ1) is 6.70. The second-order valence-corrected chi connectivity index (χ2v) is 4.06. The fraction of sp³-hybridized carbons (Fsp3) is 0.182. The number of pyridine rings is 1. The van der Waals surface area contributed by atoms with E-state index >= 15 is 0 Å². The summed E-state index contributed by atoms with van der Waals surface area (Å²) in [5.41, 5.74) is 1.66. The Kier molecular flexibility index (Phi) is 2.42. The van der Waals surface area contributed by atoms with Crippen LogP contribution in [0.3, 0.4) is 0 Å². The zero-order valence-corrected chi connectivity index (χ0v) is 9.37. The number of hydrogen-bond donors (Lipinski definition) is 1. The highest BCUT2D eigenvalue weighted by atomic mass is 79.9. The molecule has 2 nitrogen and oxygen atoms in total. The van der Waals surface area contributed by atoms with Crippen molar-refractivity contribution in [1.82, 2.24) is 4.98 Å². The summed E-state index contributed by atoms with van der Waals surface area (Å²) in [7, 11) is 0.